The van der Waals surface area contributed by atoms with Gasteiger partial charge in [-0.25, -0.2) is 0 Å². The first kappa shape index (κ1) is 18.3. The van der Waals surface area contributed by atoms with Crippen LogP contribution in [0.5, 0.6) is 0 Å². The molecule has 0 radical (unpaired) electrons. The van der Waals surface area contributed by atoms with Crippen molar-refractivity contribution in [3.05, 3.63) is 102 Å². The maximum absolute atomic E-state index is 9.04. The minimum Gasteiger partial charge on any atom is -0.367 e. The van der Waals surface area contributed by atoms with Crippen LogP contribution in [0.25, 0.3) is 0 Å². The Kier molecular flexibility index (Phi) is 6.68. The number of ether oxygens (including phenoxy) is 1. The molecule has 0 aliphatic rings. The van der Waals surface area contributed by atoms with Gasteiger partial charge >= 0.3 is 0 Å². The average Bonchev–Trinajstić information content (AvgIpc) is 2.75. The quantitative estimate of drug-likeness (QED) is 0.302. The zero-order valence-electron chi connectivity index (χ0n) is 14.8. The van der Waals surface area contributed by atoms with Gasteiger partial charge in [0.2, 0.25) is 0 Å². The molecular formula is C22H20N4O. The highest BCUT2D eigenvalue weighted by Gasteiger charge is 2.13. The Labute approximate surface area is 159 Å². The number of hydrogen-bond donors (Lipinski definition) is 1. The van der Waals surface area contributed by atoms with Crippen LogP contribution >= 0.6 is 0 Å². The molecule has 1 aromatic heterocycles. The highest BCUT2D eigenvalue weighted by molar-refractivity contribution is 5.99. The Morgan fingerprint density at radius 3 is 2.44 bits per heavy atom. The van der Waals surface area contributed by atoms with Crippen LogP contribution in [0.15, 0.2) is 90.2 Å². The molecule has 0 aliphatic carbocycles. The Morgan fingerprint density at radius 2 is 1.78 bits per heavy atom. The number of pyridine rings is 1. The first-order chi connectivity index (χ1) is 13.4. The number of nitrogens with zero attached hydrogens (tertiary/aromatic N) is 3. The molecule has 0 fully saturated rings. The summed E-state index contributed by atoms with van der Waals surface area (Å²) in [6.45, 7) is 0.875. The summed E-state index contributed by atoms with van der Waals surface area (Å²) < 4.78 is 6.15. The van der Waals surface area contributed by atoms with Crippen molar-refractivity contribution in [2.45, 2.75) is 12.7 Å². The zero-order chi connectivity index (χ0) is 18.7. The second-order valence-corrected chi connectivity index (χ2v) is 5.86. The van der Waals surface area contributed by atoms with Crippen LogP contribution in [-0.4, -0.2) is 17.4 Å². The van der Waals surface area contributed by atoms with Crippen molar-refractivity contribution >= 4 is 5.84 Å². The Hall–Kier alpha value is -3.49. The van der Waals surface area contributed by atoms with E-state index in [1.54, 1.807) is 12.4 Å². The molecule has 0 bridgehead atoms. The van der Waals surface area contributed by atoms with E-state index in [9.17, 15) is 0 Å². The van der Waals surface area contributed by atoms with E-state index >= 15 is 0 Å². The van der Waals surface area contributed by atoms with E-state index in [2.05, 4.69) is 15.3 Å². The molecular weight excluding hydrogens is 336 g/mol. The molecule has 1 atom stereocenters. The third-order valence-electron chi connectivity index (χ3n) is 3.99. The summed E-state index contributed by atoms with van der Waals surface area (Å²) >= 11 is 0. The van der Waals surface area contributed by atoms with E-state index < -0.39 is 0 Å². The number of nitrogens with one attached hydrogen (secondary N) is 1. The Morgan fingerprint density at radius 1 is 1.04 bits per heavy atom. The fourth-order valence-corrected chi connectivity index (χ4v) is 2.63. The number of amidine groups is 1. The summed E-state index contributed by atoms with van der Waals surface area (Å²) in [5.41, 5.74) is 2.90. The lowest BCUT2D eigenvalue weighted by Crippen LogP contribution is -2.21. The topological polar surface area (TPSA) is 70.3 Å². The molecule has 27 heavy (non-hydrogen) atoms. The molecule has 0 aliphatic heterocycles. The van der Waals surface area contributed by atoms with Crippen molar-refractivity contribution < 1.29 is 4.74 Å². The molecule has 1 heterocycles. The molecule has 0 spiro atoms. The van der Waals surface area contributed by atoms with Crippen molar-refractivity contribution in [1.82, 2.24) is 10.3 Å². The first-order valence-electron chi connectivity index (χ1n) is 8.67. The SMILES string of the molecule is N#CNC(=NCC(OCc1ccccc1)c1ccccc1)c1cccnc1. The van der Waals surface area contributed by atoms with Crippen molar-refractivity contribution in [3.8, 4) is 6.19 Å². The van der Waals surface area contributed by atoms with Crippen LogP contribution in [0.4, 0.5) is 0 Å². The van der Waals surface area contributed by atoms with Gasteiger partial charge in [-0.15, -0.1) is 0 Å². The minimum absolute atomic E-state index is 0.224. The largest absolute Gasteiger partial charge is 0.367 e. The van der Waals surface area contributed by atoms with Gasteiger partial charge in [0.1, 0.15) is 11.9 Å². The molecule has 5 nitrogen and oxygen atoms in total. The van der Waals surface area contributed by atoms with E-state index in [1.807, 2.05) is 79.0 Å². The van der Waals surface area contributed by atoms with Crippen LogP contribution in [-0.2, 0) is 11.3 Å². The first-order valence-corrected chi connectivity index (χ1v) is 8.67. The molecule has 1 N–H and O–H groups in total. The highest BCUT2D eigenvalue weighted by atomic mass is 16.5. The van der Waals surface area contributed by atoms with Crippen molar-refractivity contribution in [1.29, 1.82) is 5.26 Å². The predicted octanol–water partition coefficient (Wildman–Crippen LogP) is 3.86. The average molecular weight is 356 g/mol. The molecule has 0 saturated heterocycles. The number of benzene rings is 2. The van der Waals surface area contributed by atoms with Gasteiger partial charge < -0.3 is 4.74 Å². The van der Waals surface area contributed by atoms with Gasteiger partial charge in [0.15, 0.2) is 6.19 Å². The van der Waals surface area contributed by atoms with Crippen LogP contribution in [0, 0.1) is 11.5 Å². The summed E-state index contributed by atoms with van der Waals surface area (Å²) in [6.07, 6.45) is 5.07. The summed E-state index contributed by atoms with van der Waals surface area (Å²) in [7, 11) is 0. The van der Waals surface area contributed by atoms with Gasteiger partial charge in [-0.05, 0) is 23.3 Å². The lowest BCUT2D eigenvalue weighted by atomic mass is 10.1. The second kappa shape index (κ2) is 9.85. The summed E-state index contributed by atoms with van der Waals surface area (Å²) in [5.74, 6) is 0.481. The number of aromatic nitrogens is 1. The van der Waals surface area contributed by atoms with Crippen LogP contribution in [0.1, 0.15) is 22.8 Å². The lowest BCUT2D eigenvalue weighted by molar-refractivity contribution is 0.0460. The van der Waals surface area contributed by atoms with Gasteiger partial charge in [0, 0.05) is 18.0 Å². The van der Waals surface area contributed by atoms with Crippen LogP contribution in [0.2, 0.25) is 0 Å². The summed E-state index contributed by atoms with van der Waals surface area (Å²) in [5, 5.41) is 11.7. The predicted molar refractivity (Wildman–Crippen MR) is 105 cm³/mol. The maximum Gasteiger partial charge on any atom is 0.182 e. The van der Waals surface area contributed by atoms with E-state index in [0.29, 0.717) is 19.0 Å². The van der Waals surface area contributed by atoms with E-state index in [-0.39, 0.29) is 6.10 Å². The second-order valence-electron chi connectivity index (χ2n) is 5.86. The minimum atomic E-state index is -0.224. The number of hydrogen-bond acceptors (Lipinski definition) is 4. The van der Waals surface area contributed by atoms with Gasteiger partial charge in [-0.1, -0.05) is 60.7 Å². The zero-order valence-corrected chi connectivity index (χ0v) is 14.8. The fourth-order valence-electron chi connectivity index (χ4n) is 2.63. The molecule has 5 heteroatoms. The molecule has 3 rings (SSSR count). The van der Waals surface area contributed by atoms with Gasteiger partial charge in [-0.3, -0.25) is 15.3 Å². The van der Waals surface area contributed by atoms with Gasteiger partial charge in [0.25, 0.3) is 0 Å². The normalized spacial score (nSPS) is 12.2. The number of nitriles is 1. The van der Waals surface area contributed by atoms with E-state index in [4.69, 9.17) is 10.00 Å². The third kappa shape index (κ3) is 5.50. The monoisotopic (exact) mass is 356 g/mol. The fraction of sp³-hybridized carbons (Fsp3) is 0.136. The molecule has 134 valence electrons. The highest BCUT2D eigenvalue weighted by Crippen LogP contribution is 2.20. The molecule has 0 saturated carbocycles. The standard InChI is InChI=1S/C22H20N4O/c23-17-26-22(20-12-7-13-24-14-20)25-15-21(19-10-5-2-6-11-19)27-16-18-8-3-1-4-9-18/h1-14,21H,15-16H2,(H,25,26). The number of aliphatic imine (C=N–C) groups is 1. The summed E-state index contributed by atoms with van der Waals surface area (Å²) in [6, 6.07) is 23.7. The molecule has 2 aromatic carbocycles. The Bertz CT molecular complexity index is 890. The van der Waals surface area contributed by atoms with Crippen molar-refractivity contribution in [3.63, 3.8) is 0 Å². The smallest absolute Gasteiger partial charge is 0.182 e. The molecule has 1 unspecified atom stereocenters. The molecule has 3 aromatic rings. The van der Waals surface area contributed by atoms with E-state index in [0.717, 1.165) is 16.7 Å². The maximum atomic E-state index is 9.04. The molecule has 0 amide bonds. The number of rotatable bonds is 7. The Balaban J connectivity index is 1.78. The van der Waals surface area contributed by atoms with E-state index in [1.165, 1.54) is 0 Å². The van der Waals surface area contributed by atoms with Crippen molar-refractivity contribution in [2.24, 2.45) is 4.99 Å². The van der Waals surface area contributed by atoms with Crippen LogP contribution in [0.3, 0.4) is 0 Å². The van der Waals surface area contributed by atoms with Gasteiger partial charge in [-0.2, -0.15) is 5.26 Å². The van der Waals surface area contributed by atoms with Gasteiger partial charge in [0.05, 0.1) is 13.2 Å². The lowest BCUT2D eigenvalue weighted by Gasteiger charge is -2.17. The summed E-state index contributed by atoms with van der Waals surface area (Å²) in [4.78, 5) is 8.68. The third-order valence-corrected chi connectivity index (χ3v) is 3.99. The van der Waals surface area contributed by atoms with Crippen molar-refractivity contribution in [2.75, 3.05) is 6.54 Å². The van der Waals surface area contributed by atoms with Crippen LogP contribution < -0.4 is 5.32 Å².